The van der Waals surface area contributed by atoms with E-state index in [2.05, 4.69) is 10.3 Å². The highest BCUT2D eigenvalue weighted by molar-refractivity contribution is 7.89. The molecule has 0 saturated heterocycles. The van der Waals surface area contributed by atoms with E-state index in [1.165, 1.54) is 6.07 Å². The minimum atomic E-state index is -4.14. The predicted molar refractivity (Wildman–Crippen MR) is 99.0 cm³/mol. The van der Waals surface area contributed by atoms with Crippen LogP contribution in [0.4, 0.5) is 11.4 Å². The van der Waals surface area contributed by atoms with Gasteiger partial charge < -0.3 is 15.4 Å². The van der Waals surface area contributed by atoms with Gasteiger partial charge >= 0.3 is 5.97 Å². The first-order valence-corrected chi connectivity index (χ1v) is 9.21. The molecule has 0 saturated carbocycles. The van der Waals surface area contributed by atoms with Gasteiger partial charge in [-0.2, -0.15) is 0 Å². The number of aryl methyl sites for hydroxylation is 1. The van der Waals surface area contributed by atoms with Crippen LogP contribution in [0.2, 0.25) is 0 Å². The second-order valence-corrected chi connectivity index (χ2v) is 7.36. The average Bonchev–Trinajstić information content (AvgIpc) is 3.09. The minimum Gasteiger partial charge on any atom is -0.478 e. The molecule has 3 rings (SSSR count). The van der Waals surface area contributed by atoms with Gasteiger partial charge in [0.25, 0.3) is 0 Å². The molecular formula is C18H17N3O4S. The van der Waals surface area contributed by atoms with Crippen molar-refractivity contribution in [1.82, 2.24) is 4.98 Å². The first kappa shape index (κ1) is 17.7. The number of carboxylic acid groups (broad SMARTS) is 1. The second-order valence-electron chi connectivity index (χ2n) is 5.83. The summed E-state index contributed by atoms with van der Waals surface area (Å²) in [5, 5.41) is 17.8. The van der Waals surface area contributed by atoms with Gasteiger partial charge in [0.2, 0.25) is 10.0 Å². The number of aromatic nitrogens is 1. The Morgan fingerprint density at radius 3 is 2.38 bits per heavy atom. The van der Waals surface area contributed by atoms with Crippen LogP contribution in [0, 0.1) is 6.92 Å². The fourth-order valence-electron chi connectivity index (χ4n) is 2.61. The van der Waals surface area contributed by atoms with Crippen molar-refractivity contribution in [2.45, 2.75) is 11.8 Å². The molecule has 134 valence electrons. The Kier molecular flexibility index (Phi) is 4.54. The van der Waals surface area contributed by atoms with Crippen LogP contribution in [0.5, 0.6) is 0 Å². The van der Waals surface area contributed by atoms with Crippen molar-refractivity contribution in [2.24, 2.45) is 5.14 Å². The van der Waals surface area contributed by atoms with Crippen molar-refractivity contribution < 1.29 is 18.3 Å². The third-order valence-corrected chi connectivity index (χ3v) is 4.85. The number of carboxylic acids is 1. The summed E-state index contributed by atoms with van der Waals surface area (Å²) < 4.78 is 24.0. The number of H-pyrrole nitrogens is 1. The molecule has 0 amide bonds. The Bertz CT molecular complexity index is 1060. The zero-order valence-corrected chi connectivity index (χ0v) is 14.7. The zero-order valence-electron chi connectivity index (χ0n) is 13.9. The molecule has 1 aromatic heterocycles. The maximum absolute atomic E-state index is 12.0. The fraction of sp³-hybridized carbons (Fsp3) is 0.0556. The molecule has 8 heteroatoms. The fourth-order valence-corrected chi connectivity index (χ4v) is 3.31. The van der Waals surface area contributed by atoms with Gasteiger partial charge in [0.1, 0.15) is 4.90 Å². The SMILES string of the molecule is Cc1ccc(Nc2cc(-c3cc[nH]c3)c(C(=O)O)cc2S(N)(=O)=O)cc1. The number of nitrogens with one attached hydrogen (secondary N) is 2. The molecule has 0 radical (unpaired) electrons. The monoisotopic (exact) mass is 371 g/mol. The van der Waals surface area contributed by atoms with Crippen molar-refractivity contribution in [3.8, 4) is 11.1 Å². The van der Waals surface area contributed by atoms with E-state index in [1.807, 2.05) is 19.1 Å². The molecule has 0 aliphatic carbocycles. The van der Waals surface area contributed by atoms with Gasteiger partial charge in [-0.3, -0.25) is 0 Å². The van der Waals surface area contributed by atoms with E-state index in [4.69, 9.17) is 5.14 Å². The Balaban J connectivity index is 2.22. The van der Waals surface area contributed by atoms with E-state index in [0.717, 1.165) is 11.6 Å². The van der Waals surface area contributed by atoms with Gasteiger partial charge in [-0.05, 0) is 42.8 Å². The van der Waals surface area contributed by atoms with E-state index in [-0.39, 0.29) is 16.1 Å². The highest BCUT2D eigenvalue weighted by atomic mass is 32.2. The van der Waals surface area contributed by atoms with Crippen LogP contribution in [0.15, 0.2) is 59.8 Å². The molecule has 7 nitrogen and oxygen atoms in total. The number of aromatic carboxylic acids is 1. The number of sulfonamides is 1. The van der Waals surface area contributed by atoms with Gasteiger partial charge in [0.15, 0.2) is 0 Å². The summed E-state index contributed by atoms with van der Waals surface area (Å²) in [4.78, 5) is 14.2. The number of anilines is 2. The molecule has 0 spiro atoms. The first-order chi connectivity index (χ1) is 12.3. The number of rotatable bonds is 5. The van der Waals surface area contributed by atoms with Crippen molar-refractivity contribution in [2.75, 3.05) is 5.32 Å². The van der Waals surface area contributed by atoms with Crippen LogP contribution in [0.25, 0.3) is 11.1 Å². The van der Waals surface area contributed by atoms with Crippen molar-refractivity contribution >= 4 is 27.4 Å². The molecule has 26 heavy (non-hydrogen) atoms. The normalized spacial score (nSPS) is 11.3. The highest BCUT2D eigenvalue weighted by Crippen LogP contribution is 2.33. The predicted octanol–water partition coefficient (Wildman–Crippen LogP) is 3.08. The maximum Gasteiger partial charge on any atom is 0.336 e. The molecule has 0 fully saturated rings. The largest absolute Gasteiger partial charge is 0.478 e. The summed E-state index contributed by atoms with van der Waals surface area (Å²) in [6.45, 7) is 1.94. The lowest BCUT2D eigenvalue weighted by molar-refractivity contribution is 0.0697. The second kappa shape index (κ2) is 6.66. The van der Waals surface area contributed by atoms with Crippen molar-refractivity contribution in [1.29, 1.82) is 0 Å². The Morgan fingerprint density at radius 2 is 1.85 bits per heavy atom. The summed E-state index contributed by atoms with van der Waals surface area (Å²) in [7, 11) is -4.14. The van der Waals surface area contributed by atoms with Gasteiger partial charge in [0, 0.05) is 23.6 Å². The van der Waals surface area contributed by atoms with E-state index in [0.29, 0.717) is 16.8 Å². The lowest BCUT2D eigenvalue weighted by atomic mass is 10.0. The van der Waals surface area contributed by atoms with Crippen molar-refractivity contribution in [3.05, 3.63) is 66.0 Å². The molecule has 0 bridgehead atoms. The van der Waals surface area contributed by atoms with Crippen LogP contribution in [-0.4, -0.2) is 24.5 Å². The van der Waals surface area contributed by atoms with Gasteiger partial charge in [-0.1, -0.05) is 17.7 Å². The van der Waals surface area contributed by atoms with E-state index < -0.39 is 16.0 Å². The molecule has 0 aliphatic rings. The summed E-state index contributed by atoms with van der Waals surface area (Å²) in [6.07, 6.45) is 3.29. The zero-order chi connectivity index (χ0) is 18.9. The molecule has 5 N–H and O–H groups in total. The number of hydrogen-bond donors (Lipinski definition) is 4. The third-order valence-electron chi connectivity index (χ3n) is 3.90. The van der Waals surface area contributed by atoms with Crippen LogP contribution in [-0.2, 0) is 10.0 Å². The molecule has 2 aromatic carbocycles. The summed E-state index contributed by atoms with van der Waals surface area (Å²) >= 11 is 0. The van der Waals surface area contributed by atoms with E-state index in [9.17, 15) is 18.3 Å². The van der Waals surface area contributed by atoms with Gasteiger partial charge in [-0.15, -0.1) is 0 Å². The highest BCUT2D eigenvalue weighted by Gasteiger charge is 2.22. The maximum atomic E-state index is 12.0. The van der Waals surface area contributed by atoms with Crippen molar-refractivity contribution in [3.63, 3.8) is 0 Å². The summed E-state index contributed by atoms with van der Waals surface area (Å²) in [5.41, 5.74) is 2.76. The van der Waals surface area contributed by atoms with Gasteiger partial charge in [0.05, 0.1) is 11.3 Å². The van der Waals surface area contributed by atoms with Gasteiger partial charge in [-0.25, -0.2) is 18.4 Å². The topological polar surface area (TPSA) is 125 Å². The molecule has 0 unspecified atom stereocenters. The van der Waals surface area contributed by atoms with Crippen LogP contribution in [0.1, 0.15) is 15.9 Å². The number of primary sulfonamides is 1. The third kappa shape index (κ3) is 3.61. The summed E-state index contributed by atoms with van der Waals surface area (Å²) in [5.74, 6) is -1.24. The minimum absolute atomic E-state index is 0.150. The Morgan fingerprint density at radius 1 is 1.15 bits per heavy atom. The number of benzene rings is 2. The van der Waals surface area contributed by atoms with Crippen LogP contribution in [0.3, 0.4) is 0 Å². The molecule has 0 aliphatic heterocycles. The van der Waals surface area contributed by atoms with Crippen LogP contribution < -0.4 is 10.5 Å². The first-order valence-electron chi connectivity index (χ1n) is 7.66. The number of hydrogen-bond acceptors (Lipinski definition) is 4. The molecular weight excluding hydrogens is 354 g/mol. The number of nitrogens with two attached hydrogens (primary N) is 1. The standard InChI is InChI=1S/C18H17N3O4S/c1-11-2-4-13(5-3-11)21-16-8-14(12-6-7-20-10-12)15(18(22)23)9-17(16)26(19,24)25/h2-10,20-21H,1H3,(H,22,23)(H2,19,24,25). The molecule has 3 aromatic rings. The van der Waals surface area contributed by atoms with Crippen LogP contribution >= 0.6 is 0 Å². The molecule has 0 atom stereocenters. The lowest BCUT2D eigenvalue weighted by Crippen LogP contribution is -2.16. The van der Waals surface area contributed by atoms with E-state index >= 15 is 0 Å². The number of carbonyl (C=O) groups is 1. The van der Waals surface area contributed by atoms with E-state index in [1.54, 1.807) is 30.6 Å². The summed E-state index contributed by atoms with van der Waals surface area (Å²) in [6, 6.07) is 11.6. The average molecular weight is 371 g/mol. The Hall–Kier alpha value is -3.10. The molecule has 1 heterocycles. The Labute approximate surface area is 150 Å². The number of aromatic amines is 1. The quantitative estimate of drug-likeness (QED) is 0.548. The smallest absolute Gasteiger partial charge is 0.336 e. The lowest BCUT2D eigenvalue weighted by Gasteiger charge is -2.15.